The lowest BCUT2D eigenvalue weighted by molar-refractivity contribution is -0.275. The van der Waals surface area contributed by atoms with Crippen molar-refractivity contribution < 1.29 is 22.6 Å². The molecule has 0 aliphatic carbocycles. The molecular formula is C17H25Cl2F3N2O2. The van der Waals surface area contributed by atoms with Crippen molar-refractivity contribution in [2.24, 2.45) is 5.92 Å². The quantitative estimate of drug-likeness (QED) is 0.808. The van der Waals surface area contributed by atoms with E-state index in [1.165, 1.54) is 6.07 Å². The highest BCUT2D eigenvalue weighted by Crippen LogP contribution is 2.40. The molecule has 1 N–H and O–H groups in total. The summed E-state index contributed by atoms with van der Waals surface area (Å²) >= 11 is 0. The van der Waals surface area contributed by atoms with E-state index >= 15 is 0 Å². The smallest absolute Gasteiger partial charge is 0.405 e. The molecule has 0 amide bonds. The number of nitrogens with zero attached hydrogens (tertiary/aromatic N) is 1. The Kier molecular flexibility index (Phi) is 9.47. The third-order valence-corrected chi connectivity index (χ3v) is 4.72. The van der Waals surface area contributed by atoms with Crippen LogP contribution in [0.1, 0.15) is 24.4 Å². The number of ether oxygens (including phenoxy) is 2. The molecule has 0 radical (unpaired) electrons. The Labute approximate surface area is 164 Å². The van der Waals surface area contributed by atoms with Crippen molar-refractivity contribution in [2.75, 3.05) is 39.4 Å². The van der Waals surface area contributed by atoms with Crippen molar-refractivity contribution in [3.63, 3.8) is 0 Å². The second-order valence-corrected chi connectivity index (χ2v) is 6.27. The van der Waals surface area contributed by atoms with Crippen molar-refractivity contribution >= 4 is 24.8 Å². The molecular weight excluding hydrogens is 392 g/mol. The van der Waals surface area contributed by atoms with E-state index < -0.39 is 6.36 Å². The minimum absolute atomic E-state index is 0. The van der Waals surface area contributed by atoms with Crippen molar-refractivity contribution in [1.29, 1.82) is 0 Å². The van der Waals surface area contributed by atoms with Crippen LogP contribution in [0.15, 0.2) is 24.3 Å². The molecule has 2 aliphatic rings. The van der Waals surface area contributed by atoms with Crippen LogP contribution in [0.5, 0.6) is 5.75 Å². The second kappa shape index (κ2) is 10.6. The highest BCUT2D eigenvalue weighted by Gasteiger charge is 2.36. The van der Waals surface area contributed by atoms with Gasteiger partial charge < -0.3 is 14.8 Å². The summed E-state index contributed by atoms with van der Waals surface area (Å²) in [5, 5.41) is 3.30. The number of benzene rings is 1. The first-order valence-corrected chi connectivity index (χ1v) is 8.42. The van der Waals surface area contributed by atoms with E-state index in [0.29, 0.717) is 18.8 Å². The van der Waals surface area contributed by atoms with Crippen LogP contribution in [0.4, 0.5) is 13.2 Å². The van der Waals surface area contributed by atoms with Crippen molar-refractivity contribution in [2.45, 2.75) is 25.2 Å². The molecule has 0 saturated carbocycles. The number of halogens is 5. The molecule has 3 rings (SSSR count). The van der Waals surface area contributed by atoms with Crippen molar-refractivity contribution in [1.82, 2.24) is 10.2 Å². The first-order chi connectivity index (χ1) is 11.5. The number of piperazine rings is 1. The van der Waals surface area contributed by atoms with E-state index in [1.54, 1.807) is 18.2 Å². The molecule has 9 heteroatoms. The molecule has 1 atom stereocenters. The summed E-state index contributed by atoms with van der Waals surface area (Å²) in [6.07, 6.45) is -2.97. The zero-order valence-electron chi connectivity index (χ0n) is 14.3. The maximum absolute atomic E-state index is 12.8. The standard InChI is InChI=1S/C17H23F3N2O2.2ClH/c18-17(19,20)24-15-4-2-1-3-14(15)16(13-5-11-23-12-6-13)22-9-7-21-8-10-22;;/h1-4,13,16,21H,5-12H2;2*1H/t16-;;/m0../s1. The fourth-order valence-corrected chi connectivity index (χ4v) is 3.68. The Hall–Kier alpha value is -0.730. The van der Waals surface area contributed by atoms with Crippen LogP contribution in [0.3, 0.4) is 0 Å². The maximum Gasteiger partial charge on any atom is 0.573 e. The fourth-order valence-electron chi connectivity index (χ4n) is 3.68. The van der Waals surface area contributed by atoms with Gasteiger partial charge in [-0.2, -0.15) is 0 Å². The lowest BCUT2D eigenvalue weighted by Crippen LogP contribution is -2.47. The Bertz CT molecular complexity index is 519. The van der Waals surface area contributed by atoms with Crippen LogP contribution in [-0.4, -0.2) is 50.7 Å². The summed E-state index contributed by atoms with van der Waals surface area (Å²) < 4.78 is 48.2. The SMILES string of the molecule is Cl.Cl.FC(F)(F)Oc1ccccc1[C@H](C1CCOCC1)N1CCNCC1. The molecule has 1 aromatic rings. The van der Waals surface area contributed by atoms with Crippen LogP contribution >= 0.6 is 24.8 Å². The Balaban J connectivity index is 0.00000169. The number of rotatable bonds is 4. The van der Waals surface area contributed by atoms with Crippen LogP contribution < -0.4 is 10.1 Å². The predicted molar refractivity (Wildman–Crippen MR) is 98.3 cm³/mol. The lowest BCUT2D eigenvalue weighted by atomic mass is 9.85. The highest BCUT2D eigenvalue weighted by atomic mass is 35.5. The van der Waals surface area contributed by atoms with Crippen molar-refractivity contribution in [3.05, 3.63) is 29.8 Å². The number of hydrogen-bond acceptors (Lipinski definition) is 4. The van der Waals surface area contributed by atoms with Gasteiger partial charge in [-0.05, 0) is 24.8 Å². The third-order valence-electron chi connectivity index (χ3n) is 4.72. The van der Waals surface area contributed by atoms with E-state index in [9.17, 15) is 13.2 Å². The van der Waals surface area contributed by atoms with Crippen molar-refractivity contribution in [3.8, 4) is 5.75 Å². The molecule has 0 spiro atoms. The van der Waals surface area contributed by atoms with Crippen LogP contribution in [0.2, 0.25) is 0 Å². The number of alkyl halides is 3. The van der Waals surface area contributed by atoms with E-state index in [1.807, 2.05) is 0 Å². The number of hydrogen-bond donors (Lipinski definition) is 1. The van der Waals surface area contributed by atoms with Gasteiger partial charge in [0.25, 0.3) is 0 Å². The van der Waals surface area contributed by atoms with Gasteiger partial charge >= 0.3 is 6.36 Å². The van der Waals surface area contributed by atoms with Gasteiger partial charge in [0, 0.05) is 51.0 Å². The molecule has 1 aromatic carbocycles. The topological polar surface area (TPSA) is 33.7 Å². The van der Waals surface area contributed by atoms with Gasteiger partial charge in [-0.3, -0.25) is 4.90 Å². The van der Waals surface area contributed by atoms with Gasteiger partial charge in [-0.25, -0.2) is 0 Å². The van der Waals surface area contributed by atoms with Gasteiger partial charge in [0.05, 0.1) is 0 Å². The molecule has 4 nitrogen and oxygen atoms in total. The summed E-state index contributed by atoms with van der Waals surface area (Å²) in [6, 6.07) is 6.48. The predicted octanol–water partition coefficient (Wildman–Crippen LogP) is 3.80. The third kappa shape index (κ3) is 6.16. The average molecular weight is 417 g/mol. The van der Waals surface area contributed by atoms with E-state index in [0.717, 1.165) is 39.0 Å². The normalized spacial score (nSPS) is 20.6. The minimum Gasteiger partial charge on any atom is -0.405 e. The monoisotopic (exact) mass is 416 g/mol. The Morgan fingerprint density at radius 1 is 1.08 bits per heavy atom. The summed E-state index contributed by atoms with van der Waals surface area (Å²) in [7, 11) is 0. The van der Waals surface area contributed by atoms with E-state index in [2.05, 4.69) is 15.0 Å². The number of nitrogens with one attached hydrogen (secondary N) is 1. The van der Waals surface area contributed by atoms with Crippen LogP contribution in [0.25, 0.3) is 0 Å². The maximum atomic E-state index is 12.8. The van der Waals surface area contributed by atoms with E-state index in [-0.39, 0.29) is 42.5 Å². The molecule has 2 saturated heterocycles. The first-order valence-electron chi connectivity index (χ1n) is 8.42. The van der Waals surface area contributed by atoms with Gasteiger partial charge in [0.2, 0.25) is 0 Å². The fraction of sp³-hybridized carbons (Fsp3) is 0.647. The van der Waals surface area contributed by atoms with Gasteiger partial charge in [0.1, 0.15) is 5.75 Å². The van der Waals surface area contributed by atoms with Gasteiger partial charge in [-0.15, -0.1) is 38.0 Å². The molecule has 0 unspecified atom stereocenters. The van der Waals surface area contributed by atoms with Crippen LogP contribution in [-0.2, 0) is 4.74 Å². The largest absolute Gasteiger partial charge is 0.573 e. The Morgan fingerprint density at radius 3 is 2.31 bits per heavy atom. The second-order valence-electron chi connectivity index (χ2n) is 6.27. The molecule has 2 heterocycles. The Morgan fingerprint density at radius 2 is 1.69 bits per heavy atom. The summed E-state index contributed by atoms with van der Waals surface area (Å²) in [4.78, 5) is 2.28. The molecule has 2 fully saturated rings. The lowest BCUT2D eigenvalue weighted by Gasteiger charge is -2.41. The zero-order chi connectivity index (χ0) is 17.0. The zero-order valence-corrected chi connectivity index (χ0v) is 16.0. The highest BCUT2D eigenvalue weighted by molar-refractivity contribution is 5.85. The summed E-state index contributed by atoms with van der Waals surface area (Å²) in [5.41, 5.74) is 0.628. The van der Waals surface area contributed by atoms with Crippen LogP contribution in [0, 0.1) is 5.92 Å². The molecule has 150 valence electrons. The molecule has 26 heavy (non-hydrogen) atoms. The average Bonchev–Trinajstić information content (AvgIpc) is 2.57. The molecule has 2 aliphatic heterocycles. The molecule has 0 bridgehead atoms. The molecule has 0 aromatic heterocycles. The summed E-state index contributed by atoms with van der Waals surface area (Å²) in [5.74, 6) is 0.190. The first kappa shape index (κ1) is 23.3. The minimum atomic E-state index is -4.68. The summed E-state index contributed by atoms with van der Waals surface area (Å²) in [6.45, 7) is 4.67. The van der Waals surface area contributed by atoms with E-state index in [4.69, 9.17) is 4.74 Å². The van der Waals surface area contributed by atoms with Gasteiger partial charge in [-0.1, -0.05) is 18.2 Å². The van der Waals surface area contributed by atoms with Gasteiger partial charge in [0.15, 0.2) is 0 Å². The number of para-hydroxylation sites is 1.